The average Bonchev–Trinajstić information content (AvgIpc) is 1.60. The van der Waals surface area contributed by atoms with Crippen LogP contribution in [0.5, 0.6) is 0 Å². The molecule has 0 aliphatic carbocycles. The molecular weight excluding hydrogens is 171 g/mol. The van der Waals surface area contributed by atoms with Gasteiger partial charge in [0.05, 0.1) is 5.66 Å². The predicted octanol–water partition coefficient (Wildman–Crippen LogP) is 1.26. The van der Waals surface area contributed by atoms with Crippen LogP contribution in [0.2, 0.25) is 0 Å². The summed E-state index contributed by atoms with van der Waals surface area (Å²) in [6.45, 7) is 3.44. The van der Waals surface area contributed by atoms with Crippen molar-refractivity contribution in [3.63, 3.8) is 0 Å². The van der Waals surface area contributed by atoms with E-state index in [1.807, 2.05) is 0 Å². The predicted molar refractivity (Wildman–Crippen MR) is 44.6 cm³/mol. The fourth-order valence-electron chi connectivity index (χ4n) is 0.860. The number of thiol groups is 1. The molecule has 0 rings (SSSR count). The van der Waals surface area contributed by atoms with Crippen molar-refractivity contribution in [2.24, 2.45) is 0 Å². The van der Waals surface area contributed by atoms with Gasteiger partial charge in [0.1, 0.15) is 0 Å². The number of rotatable bonds is 3. The van der Waals surface area contributed by atoms with Crippen LogP contribution in [0, 0.1) is 0 Å². The second-order valence-electron chi connectivity index (χ2n) is 2.31. The molecule has 2 atom stereocenters. The molecule has 0 bridgehead atoms. The molecule has 10 heavy (non-hydrogen) atoms. The Hall–Kier alpha value is 0.500. The normalized spacial score (nSPS) is 18.5. The monoisotopic (exact) mass is 184 g/mol. The zero-order valence-corrected chi connectivity index (χ0v) is 7.85. The molecule has 0 aromatic carbocycles. The fourth-order valence-corrected chi connectivity index (χ4v) is 2.63. The lowest BCUT2D eigenvalue weighted by atomic mass is 10.3. The van der Waals surface area contributed by atoms with E-state index < -0.39 is 13.3 Å². The minimum Gasteiger partial charge on any atom is -0.324 e. The Kier molecular flexibility index (Phi) is 3.95. The molecule has 0 aliphatic heterocycles. The van der Waals surface area contributed by atoms with E-state index in [4.69, 9.17) is 9.79 Å². The number of hydrogen-bond donors (Lipinski definition) is 3. The minimum atomic E-state index is -3.91. The van der Waals surface area contributed by atoms with Crippen LogP contribution in [0.25, 0.3) is 0 Å². The molecular formula is C5H13O3PS. The lowest BCUT2D eigenvalue weighted by Crippen LogP contribution is -2.17. The van der Waals surface area contributed by atoms with Crippen LogP contribution in [-0.2, 0) is 4.57 Å². The topological polar surface area (TPSA) is 57.5 Å². The van der Waals surface area contributed by atoms with Crippen molar-refractivity contribution in [1.29, 1.82) is 0 Å². The quantitative estimate of drug-likeness (QED) is 0.457. The molecule has 0 amide bonds. The van der Waals surface area contributed by atoms with Crippen molar-refractivity contribution in [1.82, 2.24) is 0 Å². The van der Waals surface area contributed by atoms with Gasteiger partial charge in [-0.15, -0.1) is 0 Å². The second kappa shape index (κ2) is 3.77. The highest BCUT2D eigenvalue weighted by atomic mass is 32.1. The first-order chi connectivity index (χ1) is 4.39. The van der Waals surface area contributed by atoms with Crippen LogP contribution >= 0.6 is 20.2 Å². The summed E-state index contributed by atoms with van der Waals surface area (Å²) in [5.41, 5.74) is -0.601. The Morgan fingerprint density at radius 1 is 1.60 bits per heavy atom. The molecule has 0 aliphatic rings. The maximum Gasteiger partial charge on any atom is 0.329 e. The van der Waals surface area contributed by atoms with Crippen LogP contribution in [0.3, 0.4) is 0 Å². The second-order valence-corrected chi connectivity index (χ2v) is 4.96. The Bertz CT molecular complexity index is 142. The van der Waals surface area contributed by atoms with Gasteiger partial charge < -0.3 is 9.79 Å². The van der Waals surface area contributed by atoms with Gasteiger partial charge in [-0.3, -0.25) is 4.57 Å². The first-order valence-corrected chi connectivity index (χ1v) is 5.32. The standard InChI is InChI=1S/C5H13O3PS/c1-3-5(4(2)10)9(6,7)8/h4-5,10H,3H2,1-2H3,(H2,6,7,8). The van der Waals surface area contributed by atoms with Crippen molar-refractivity contribution in [3.05, 3.63) is 0 Å². The average molecular weight is 184 g/mol. The van der Waals surface area contributed by atoms with E-state index in [0.29, 0.717) is 6.42 Å². The largest absolute Gasteiger partial charge is 0.329 e. The molecule has 5 heteroatoms. The zero-order chi connectivity index (χ0) is 8.36. The Morgan fingerprint density at radius 3 is 2.00 bits per heavy atom. The van der Waals surface area contributed by atoms with Crippen molar-refractivity contribution < 1.29 is 14.4 Å². The van der Waals surface area contributed by atoms with Gasteiger partial charge in [-0.2, -0.15) is 12.6 Å². The first-order valence-electron chi connectivity index (χ1n) is 3.13. The highest BCUT2D eigenvalue weighted by Gasteiger charge is 2.29. The molecule has 0 saturated heterocycles. The van der Waals surface area contributed by atoms with Crippen LogP contribution in [0.15, 0.2) is 0 Å². The molecule has 0 fully saturated rings. The van der Waals surface area contributed by atoms with E-state index in [1.165, 1.54) is 0 Å². The molecule has 0 aromatic rings. The Labute approximate surface area is 66.4 Å². The highest BCUT2D eigenvalue weighted by Crippen LogP contribution is 2.45. The van der Waals surface area contributed by atoms with Gasteiger partial charge in [0.15, 0.2) is 0 Å². The Morgan fingerprint density at radius 2 is 2.00 bits per heavy atom. The molecule has 0 aromatic heterocycles. The lowest BCUT2D eigenvalue weighted by Gasteiger charge is -2.18. The third-order valence-corrected chi connectivity index (χ3v) is 3.68. The maximum absolute atomic E-state index is 10.6. The van der Waals surface area contributed by atoms with E-state index in [1.54, 1.807) is 13.8 Å². The summed E-state index contributed by atoms with van der Waals surface area (Å²) in [4.78, 5) is 17.4. The van der Waals surface area contributed by atoms with E-state index in [0.717, 1.165) is 0 Å². The van der Waals surface area contributed by atoms with Gasteiger partial charge in [-0.1, -0.05) is 13.8 Å². The molecule has 0 saturated carbocycles. The van der Waals surface area contributed by atoms with Crippen molar-refractivity contribution in [3.8, 4) is 0 Å². The summed E-state index contributed by atoms with van der Waals surface area (Å²) in [5.74, 6) is 0. The zero-order valence-electron chi connectivity index (χ0n) is 6.06. The molecule has 0 heterocycles. The summed E-state index contributed by atoms with van der Waals surface area (Å²) >= 11 is 3.97. The van der Waals surface area contributed by atoms with Crippen LogP contribution in [0.1, 0.15) is 20.3 Å². The van der Waals surface area contributed by atoms with E-state index >= 15 is 0 Å². The summed E-state index contributed by atoms with van der Waals surface area (Å²) in [7, 11) is -3.91. The van der Waals surface area contributed by atoms with Crippen LogP contribution in [0.4, 0.5) is 0 Å². The molecule has 0 radical (unpaired) electrons. The van der Waals surface area contributed by atoms with Gasteiger partial charge in [0, 0.05) is 5.25 Å². The van der Waals surface area contributed by atoms with Gasteiger partial charge >= 0.3 is 7.60 Å². The smallest absolute Gasteiger partial charge is 0.324 e. The van der Waals surface area contributed by atoms with E-state index in [-0.39, 0.29) is 5.25 Å². The molecule has 2 N–H and O–H groups in total. The Balaban J connectivity index is 4.22. The molecule has 62 valence electrons. The summed E-state index contributed by atoms with van der Waals surface area (Å²) < 4.78 is 10.6. The highest BCUT2D eigenvalue weighted by molar-refractivity contribution is 7.81. The summed E-state index contributed by atoms with van der Waals surface area (Å²) in [5, 5.41) is -0.245. The third kappa shape index (κ3) is 3.06. The molecule has 0 spiro atoms. The lowest BCUT2D eigenvalue weighted by molar-refractivity contribution is 0.355. The van der Waals surface area contributed by atoms with Crippen molar-refractivity contribution in [2.45, 2.75) is 31.2 Å². The van der Waals surface area contributed by atoms with E-state index in [9.17, 15) is 4.57 Å². The van der Waals surface area contributed by atoms with Gasteiger partial charge in [-0.05, 0) is 6.42 Å². The molecule has 2 unspecified atom stereocenters. The van der Waals surface area contributed by atoms with Crippen LogP contribution in [-0.4, -0.2) is 20.7 Å². The SMILES string of the molecule is CCC(C(C)S)P(=O)(O)O. The van der Waals surface area contributed by atoms with Gasteiger partial charge in [0.2, 0.25) is 0 Å². The van der Waals surface area contributed by atoms with Crippen molar-refractivity contribution in [2.75, 3.05) is 0 Å². The minimum absolute atomic E-state index is 0.245. The summed E-state index contributed by atoms with van der Waals surface area (Å²) in [6.07, 6.45) is 0.467. The maximum atomic E-state index is 10.6. The first kappa shape index (κ1) is 10.5. The van der Waals surface area contributed by atoms with E-state index in [2.05, 4.69) is 12.6 Å². The third-order valence-electron chi connectivity index (χ3n) is 1.41. The fraction of sp³-hybridized carbons (Fsp3) is 1.00. The summed E-state index contributed by atoms with van der Waals surface area (Å²) in [6, 6.07) is 0. The van der Waals surface area contributed by atoms with Gasteiger partial charge in [-0.25, -0.2) is 0 Å². The number of hydrogen-bond acceptors (Lipinski definition) is 2. The molecule has 3 nitrogen and oxygen atoms in total. The van der Waals surface area contributed by atoms with Gasteiger partial charge in [0.25, 0.3) is 0 Å². The van der Waals surface area contributed by atoms with Crippen LogP contribution < -0.4 is 0 Å². The van der Waals surface area contributed by atoms with Crippen molar-refractivity contribution >= 4 is 20.2 Å².